The number of aliphatic carboxylic acids is 1. The molecule has 9 amide bonds. The average Bonchev–Trinajstić information content (AvgIpc) is 4.36. The summed E-state index contributed by atoms with van der Waals surface area (Å²) < 4.78 is 0. The number of thioether (sulfide) groups is 2. The molecule has 1 aliphatic heterocycles. The Kier molecular flexibility index (Phi) is 29.8. The molecule has 3 aromatic rings. The molecule has 1 aromatic heterocycles. The van der Waals surface area contributed by atoms with Crippen LogP contribution in [0.15, 0.2) is 60.8 Å². The lowest BCUT2D eigenvalue weighted by molar-refractivity contribution is -0.145. The van der Waals surface area contributed by atoms with Crippen LogP contribution in [0.25, 0.3) is 10.9 Å². The molecule has 1 saturated heterocycles. The van der Waals surface area contributed by atoms with Crippen molar-refractivity contribution >= 4 is 93.6 Å². The van der Waals surface area contributed by atoms with E-state index in [1.807, 2.05) is 85.2 Å². The molecule has 12 N–H and O–H groups in total. The zero-order chi connectivity index (χ0) is 62.9. The zero-order valence-electron chi connectivity index (χ0n) is 51.0. The van der Waals surface area contributed by atoms with E-state index in [0.717, 1.165) is 10.9 Å². The molecule has 2 heterocycles. The number of H-pyrrole nitrogens is 1. The van der Waals surface area contributed by atoms with Gasteiger partial charge in [-0.05, 0) is 110 Å². The van der Waals surface area contributed by atoms with Gasteiger partial charge in [-0.15, -0.1) is 0 Å². The molecule has 0 unspecified atom stereocenters. The van der Waals surface area contributed by atoms with E-state index in [0.29, 0.717) is 41.9 Å². The second kappa shape index (κ2) is 35.7. The van der Waals surface area contributed by atoms with E-state index in [9.17, 15) is 53.1 Å². The number of hydrogen-bond acceptors (Lipinski definition) is 13. The maximum Gasteiger partial charge on any atom is 0.326 e. The second-order valence-corrected chi connectivity index (χ2v) is 25.3. The molecule has 470 valence electrons. The van der Waals surface area contributed by atoms with Gasteiger partial charge in [0.25, 0.3) is 0 Å². The maximum absolute atomic E-state index is 14.7. The van der Waals surface area contributed by atoms with Crippen molar-refractivity contribution in [1.82, 2.24) is 52.4 Å². The summed E-state index contributed by atoms with van der Waals surface area (Å²) in [5.41, 5.74) is 8.31. The molecule has 1 aliphatic rings. The van der Waals surface area contributed by atoms with Crippen LogP contribution in [-0.4, -0.2) is 166 Å². The number of benzene rings is 2. The molecule has 85 heavy (non-hydrogen) atoms. The number of carboxylic acids is 1. The highest BCUT2D eigenvalue weighted by molar-refractivity contribution is 7.98. The quantitative estimate of drug-likeness (QED) is 0.0397. The predicted octanol–water partition coefficient (Wildman–Crippen LogP) is 3.56. The van der Waals surface area contributed by atoms with Crippen molar-refractivity contribution < 1.29 is 53.1 Å². The summed E-state index contributed by atoms with van der Waals surface area (Å²) in [6.07, 6.45) is 7.83. The number of nitrogens with zero attached hydrogens (tertiary/aromatic N) is 1. The number of amides is 9. The van der Waals surface area contributed by atoms with Crippen LogP contribution in [0.3, 0.4) is 0 Å². The number of nitrogens with two attached hydrogens (primary N) is 1. The van der Waals surface area contributed by atoms with Crippen molar-refractivity contribution in [3.63, 3.8) is 0 Å². The van der Waals surface area contributed by atoms with E-state index in [1.54, 1.807) is 55.2 Å². The second-order valence-electron chi connectivity index (χ2n) is 23.4. The van der Waals surface area contributed by atoms with Gasteiger partial charge in [0.05, 0.1) is 12.6 Å². The number of likely N-dealkylation sites (tertiary alicyclic amines) is 1. The Morgan fingerprint density at radius 2 is 1.15 bits per heavy atom. The third-order valence-corrected chi connectivity index (χ3v) is 16.2. The monoisotopic (exact) mass is 1220 g/mol. The highest BCUT2D eigenvalue weighted by Crippen LogP contribution is 2.24. The highest BCUT2D eigenvalue weighted by Gasteiger charge is 2.41. The number of fused-ring (bicyclic) bond motifs is 1. The molecular weight excluding hydrogens is 1130 g/mol. The van der Waals surface area contributed by atoms with Gasteiger partial charge in [0.2, 0.25) is 53.2 Å². The van der Waals surface area contributed by atoms with Gasteiger partial charge in [0.1, 0.15) is 48.3 Å². The number of aromatic amines is 1. The highest BCUT2D eigenvalue weighted by atomic mass is 32.2. The number of aromatic nitrogens is 1. The van der Waals surface area contributed by atoms with Crippen molar-refractivity contribution in [2.45, 2.75) is 174 Å². The Morgan fingerprint density at radius 1 is 0.624 bits per heavy atom. The fourth-order valence-corrected chi connectivity index (χ4v) is 11.1. The minimum atomic E-state index is -1.27. The first-order chi connectivity index (χ1) is 40.4. The van der Waals surface area contributed by atoms with Crippen molar-refractivity contribution in [1.29, 1.82) is 0 Å². The third-order valence-electron chi connectivity index (χ3n) is 14.9. The number of carbonyl (C=O) groups excluding carboxylic acids is 9. The van der Waals surface area contributed by atoms with Gasteiger partial charge in [0.15, 0.2) is 0 Å². The molecule has 0 bridgehead atoms. The summed E-state index contributed by atoms with van der Waals surface area (Å²) in [6, 6.07) is 6.35. The molecule has 1 fully saturated rings. The third kappa shape index (κ3) is 22.9. The minimum absolute atomic E-state index is 0.00194. The number of hydrogen-bond donors (Lipinski definition) is 11. The van der Waals surface area contributed by atoms with Gasteiger partial charge in [-0.1, -0.05) is 110 Å². The number of para-hydroxylation sites is 1. The Balaban J connectivity index is 1.54. The zero-order valence-corrected chi connectivity index (χ0v) is 52.7. The Morgan fingerprint density at radius 3 is 1.71 bits per heavy atom. The van der Waals surface area contributed by atoms with Crippen LogP contribution >= 0.6 is 23.5 Å². The fourth-order valence-electron chi connectivity index (χ4n) is 10.1. The lowest BCUT2D eigenvalue weighted by Crippen LogP contribution is -2.60. The van der Waals surface area contributed by atoms with Gasteiger partial charge in [0, 0.05) is 36.5 Å². The lowest BCUT2D eigenvalue weighted by atomic mass is 9.96. The van der Waals surface area contributed by atoms with Gasteiger partial charge >= 0.3 is 5.97 Å². The summed E-state index contributed by atoms with van der Waals surface area (Å²) >= 11 is 2.99. The molecule has 0 spiro atoms. The summed E-state index contributed by atoms with van der Waals surface area (Å²) in [4.78, 5) is 144. The van der Waals surface area contributed by atoms with Crippen molar-refractivity contribution in [3.8, 4) is 0 Å². The first-order valence-electron chi connectivity index (χ1n) is 29.6. The molecule has 0 radical (unpaired) electrons. The molecule has 4 rings (SSSR count). The number of nitrogens with one attached hydrogen (secondary N) is 9. The average molecular weight is 1220 g/mol. The summed E-state index contributed by atoms with van der Waals surface area (Å²) in [7, 11) is 0. The van der Waals surface area contributed by atoms with Gasteiger partial charge in [-0.3, -0.25) is 43.2 Å². The molecular formula is C61H93N11O11S2. The number of rotatable bonds is 36. The Hall–Kier alpha value is -6.66. The smallest absolute Gasteiger partial charge is 0.326 e. The van der Waals surface area contributed by atoms with E-state index < -0.39 is 126 Å². The maximum atomic E-state index is 14.7. The van der Waals surface area contributed by atoms with E-state index in [4.69, 9.17) is 5.73 Å². The first kappa shape index (κ1) is 70.8. The first-order valence-corrected chi connectivity index (χ1v) is 32.4. The predicted molar refractivity (Wildman–Crippen MR) is 333 cm³/mol. The van der Waals surface area contributed by atoms with Crippen LogP contribution in [0.5, 0.6) is 0 Å². The van der Waals surface area contributed by atoms with Crippen LogP contribution in [0, 0.1) is 23.7 Å². The topological polar surface area (TPSA) is 332 Å². The summed E-state index contributed by atoms with van der Waals surface area (Å²) in [5, 5.41) is 32.8. The number of carbonyl (C=O) groups is 10. The minimum Gasteiger partial charge on any atom is -0.480 e. The van der Waals surface area contributed by atoms with E-state index in [-0.39, 0.29) is 69.2 Å². The summed E-state index contributed by atoms with van der Waals surface area (Å²) in [5.74, 6) is -6.49. The molecule has 22 nitrogen and oxygen atoms in total. The Labute approximate surface area is 509 Å². The largest absolute Gasteiger partial charge is 0.480 e. The van der Waals surface area contributed by atoms with Crippen LogP contribution in [0.1, 0.15) is 118 Å². The SMILES string of the molecule is CC[C@H](C)[C@H](NC(=O)CNC(=O)[C@H](Cc1ccccc1)NC(=O)[C@H](CC(C)C)NC(=O)[C@H](CC(C)C)NC(=O)[C@H](CC(C)C)NC(=O)[C@@H](N)CCSC)C(=O)N[C@@H](Cc1c[nH]c2ccccc12)C(=O)N1CCC[C@H]1C(=O)N[C@@H](CCSC)C(=O)O. The number of carboxylic acid groups (broad SMARTS) is 1. The van der Waals surface area contributed by atoms with Crippen molar-refractivity contribution in [3.05, 3.63) is 71.9 Å². The Bertz CT molecular complexity index is 2710. The molecule has 10 atom stereocenters. The normalized spacial score (nSPS) is 16.4. The van der Waals surface area contributed by atoms with Crippen LogP contribution in [-0.2, 0) is 60.8 Å². The van der Waals surface area contributed by atoms with Crippen LogP contribution in [0.4, 0.5) is 0 Å². The molecule has 0 aliphatic carbocycles. The van der Waals surface area contributed by atoms with Crippen LogP contribution in [0.2, 0.25) is 0 Å². The lowest BCUT2D eigenvalue weighted by Gasteiger charge is -2.31. The van der Waals surface area contributed by atoms with Crippen LogP contribution < -0.4 is 48.3 Å². The molecule has 24 heteroatoms. The van der Waals surface area contributed by atoms with Gasteiger partial charge in [-0.2, -0.15) is 23.5 Å². The van der Waals surface area contributed by atoms with Crippen molar-refractivity contribution in [2.24, 2.45) is 29.4 Å². The van der Waals surface area contributed by atoms with Crippen molar-refractivity contribution in [2.75, 3.05) is 37.1 Å². The molecule has 2 aromatic carbocycles. The van der Waals surface area contributed by atoms with Gasteiger partial charge in [-0.25, -0.2) is 4.79 Å². The standard InChI is InChI=1S/C61H93N11O11S2/c1-11-38(8)52(59(80)70-49(32-40-33-63-43-21-16-15-20-41(40)43)60(81)72-25-17-22-50(72)58(79)65-44(61(82)83)24-27-85-10)71-51(73)34-64-54(75)48(31-39-18-13-12-14-19-39)69-57(78)47(30-37(6)7)68-56(77)46(29-36(4)5)67-55(76)45(28-35(2)3)66-53(74)42(62)23-26-84-9/h12-16,18-21,33,35-38,42,44-50,52,63H,11,17,22-32,34,62H2,1-10H3,(H,64,75)(H,65,79)(H,66,74)(H,67,76)(H,68,77)(H,69,78)(H,70,80)(H,71,73)(H,82,83)/t38-,42-,44-,45-,46-,47-,48-,49-,50-,52-/m0/s1. The fraction of sp³-hybridized carbons (Fsp3) is 0.607. The van der Waals surface area contributed by atoms with E-state index >= 15 is 0 Å². The molecule has 0 saturated carbocycles. The van der Waals surface area contributed by atoms with Gasteiger partial charge < -0.3 is 63.3 Å². The van der Waals surface area contributed by atoms with E-state index in [2.05, 4.69) is 47.5 Å². The summed E-state index contributed by atoms with van der Waals surface area (Å²) in [6.45, 7) is 14.4. The van der Waals surface area contributed by atoms with E-state index in [1.165, 1.54) is 16.7 Å².